The van der Waals surface area contributed by atoms with E-state index in [1.54, 1.807) is 20.3 Å². The molecule has 0 amide bonds. The summed E-state index contributed by atoms with van der Waals surface area (Å²) in [5, 5.41) is 4.40. The van der Waals surface area contributed by atoms with Crippen LogP contribution in [-0.4, -0.2) is 20.8 Å². The lowest BCUT2D eigenvalue weighted by atomic mass is 10.0. The minimum absolute atomic E-state index is 0.317. The van der Waals surface area contributed by atoms with Crippen LogP contribution in [0.25, 0.3) is 11.0 Å². The van der Waals surface area contributed by atoms with Crippen LogP contribution in [0.2, 0.25) is 0 Å². The van der Waals surface area contributed by atoms with Crippen molar-refractivity contribution in [2.24, 2.45) is 0 Å². The van der Waals surface area contributed by atoms with Crippen molar-refractivity contribution in [1.29, 1.82) is 0 Å². The zero-order chi connectivity index (χ0) is 19.4. The molecule has 0 aliphatic carbocycles. The number of fused-ring (bicyclic) bond motifs is 1. The average Bonchev–Trinajstić information content (AvgIpc) is 2.66. The first-order valence-electron chi connectivity index (χ1n) is 8.97. The molecule has 0 saturated heterocycles. The Morgan fingerprint density at radius 3 is 2.44 bits per heavy atom. The van der Waals surface area contributed by atoms with Crippen molar-refractivity contribution in [1.82, 2.24) is 5.32 Å². The van der Waals surface area contributed by atoms with E-state index in [0.29, 0.717) is 12.1 Å². The molecule has 142 valence electrons. The molecule has 0 aliphatic heterocycles. The summed E-state index contributed by atoms with van der Waals surface area (Å²) in [5.41, 5.74) is 4.73. The maximum atomic E-state index is 11.9. The predicted octanol–water partition coefficient (Wildman–Crippen LogP) is 3.76. The number of hydrogen-bond donors (Lipinski definition) is 1. The Kier molecular flexibility index (Phi) is 5.81. The van der Waals surface area contributed by atoms with Crippen molar-refractivity contribution >= 4 is 11.0 Å². The zero-order valence-electron chi connectivity index (χ0n) is 16.2. The molecule has 0 saturated carbocycles. The van der Waals surface area contributed by atoms with Gasteiger partial charge in [0, 0.05) is 18.0 Å². The maximum Gasteiger partial charge on any atom is 0.336 e. The van der Waals surface area contributed by atoms with Crippen molar-refractivity contribution < 1.29 is 13.9 Å². The highest BCUT2D eigenvalue weighted by molar-refractivity contribution is 5.81. The largest absolute Gasteiger partial charge is 0.493 e. The molecule has 1 heterocycles. The molecule has 0 radical (unpaired) electrons. The van der Waals surface area contributed by atoms with Gasteiger partial charge in [0.15, 0.2) is 11.5 Å². The Morgan fingerprint density at radius 2 is 1.70 bits per heavy atom. The molecule has 2 aromatic carbocycles. The Morgan fingerprint density at radius 1 is 0.963 bits per heavy atom. The molecule has 3 rings (SSSR count). The number of rotatable bonds is 7. The molecule has 0 atom stereocenters. The third kappa shape index (κ3) is 4.31. The summed E-state index contributed by atoms with van der Waals surface area (Å²) in [6, 6.07) is 11.5. The summed E-state index contributed by atoms with van der Waals surface area (Å²) in [7, 11) is 3.26. The fourth-order valence-corrected chi connectivity index (χ4v) is 3.12. The van der Waals surface area contributed by atoms with Gasteiger partial charge in [-0.25, -0.2) is 4.79 Å². The molecule has 0 bridgehead atoms. The fraction of sp³-hybridized carbons (Fsp3) is 0.318. The number of nitrogens with one attached hydrogen (secondary N) is 1. The fourth-order valence-electron chi connectivity index (χ4n) is 3.12. The average molecular weight is 367 g/mol. The summed E-state index contributed by atoms with van der Waals surface area (Å²) in [6.07, 6.45) is 0.845. The van der Waals surface area contributed by atoms with E-state index in [4.69, 9.17) is 13.9 Å². The van der Waals surface area contributed by atoms with Crippen LogP contribution in [0.3, 0.4) is 0 Å². The number of hydrogen-bond acceptors (Lipinski definition) is 5. The second-order valence-electron chi connectivity index (χ2n) is 6.64. The minimum atomic E-state index is -0.317. The summed E-state index contributed by atoms with van der Waals surface area (Å²) >= 11 is 0. The van der Waals surface area contributed by atoms with E-state index in [-0.39, 0.29) is 5.63 Å². The topological polar surface area (TPSA) is 60.7 Å². The monoisotopic (exact) mass is 367 g/mol. The van der Waals surface area contributed by atoms with Crippen molar-refractivity contribution in [2.45, 2.75) is 26.8 Å². The standard InChI is InChI=1S/C22H25NO4/c1-14-9-18-17(12-22(24)27-20(18)10-15(14)2)13-23-8-7-16-5-6-19(25-3)21(11-16)26-4/h5-6,9-12,23H,7-8,13H2,1-4H3. The van der Waals surface area contributed by atoms with Crippen molar-refractivity contribution in [3.8, 4) is 11.5 Å². The van der Waals surface area contributed by atoms with E-state index in [2.05, 4.69) is 18.3 Å². The Bertz CT molecular complexity index is 1010. The predicted molar refractivity (Wildman–Crippen MR) is 107 cm³/mol. The van der Waals surface area contributed by atoms with Crippen LogP contribution in [0.15, 0.2) is 45.6 Å². The Hall–Kier alpha value is -2.79. The summed E-state index contributed by atoms with van der Waals surface area (Å²) in [5.74, 6) is 1.45. The van der Waals surface area contributed by atoms with E-state index < -0.39 is 0 Å². The van der Waals surface area contributed by atoms with Crippen molar-refractivity contribution in [3.63, 3.8) is 0 Å². The highest BCUT2D eigenvalue weighted by Gasteiger charge is 2.08. The molecule has 1 N–H and O–H groups in total. The first-order chi connectivity index (χ1) is 13.0. The normalized spacial score (nSPS) is 11.0. The third-order valence-electron chi connectivity index (χ3n) is 4.80. The second-order valence-corrected chi connectivity index (χ2v) is 6.64. The molecular weight excluding hydrogens is 342 g/mol. The van der Waals surface area contributed by atoms with Crippen LogP contribution >= 0.6 is 0 Å². The SMILES string of the molecule is COc1ccc(CCNCc2cc(=O)oc3cc(C)c(C)cc23)cc1OC. The molecule has 5 heteroatoms. The molecular formula is C22H25NO4. The third-order valence-corrected chi connectivity index (χ3v) is 4.80. The molecule has 3 aromatic rings. The molecule has 0 fully saturated rings. The second kappa shape index (κ2) is 8.27. The quantitative estimate of drug-likeness (QED) is 0.509. The Labute approximate surface area is 158 Å². The van der Waals surface area contributed by atoms with Crippen molar-refractivity contribution in [3.05, 3.63) is 69.1 Å². The van der Waals surface area contributed by atoms with Crippen LogP contribution < -0.4 is 20.4 Å². The summed E-state index contributed by atoms with van der Waals surface area (Å²) in [4.78, 5) is 11.9. The molecule has 0 unspecified atom stereocenters. The van der Waals surface area contributed by atoms with Gasteiger partial charge in [0.25, 0.3) is 0 Å². The minimum Gasteiger partial charge on any atom is -0.493 e. The molecule has 0 spiro atoms. The maximum absolute atomic E-state index is 11.9. The van der Waals surface area contributed by atoms with Gasteiger partial charge in [-0.3, -0.25) is 0 Å². The van der Waals surface area contributed by atoms with Crippen LogP contribution in [0.5, 0.6) is 11.5 Å². The van der Waals surface area contributed by atoms with Gasteiger partial charge in [0.1, 0.15) is 5.58 Å². The van der Waals surface area contributed by atoms with Gasteiger partial charge in [0.05, 0.1) is 14.2 Å². The number of ether oxygens (including phenoxy) is 2. The Balaban J connectivity index is 1.69. The van der Waals surface area contributed by atoms with Gasteiger partial charge in [-0.05, 0) is 73.3 Å². The van der Waals surface area contributed by atoms with Crippen LogP contribution in [0.1, 0.15) is 22.3 Å². The molecule has 27 heavy (non-hydrogen) atoms. The van der Waals surface area contributed by atoms with Gasteiger partial charge in [-0.15, -0.1) is 0 Å². The lowest BCUT2D eigenvalue weighted by Gasteiger charge is -2.11. The van der Waals surface area contributed by atoms with Gasteiger partial charge < -0.3 is 19.2 Å². The summed E-state index contributed by atoms with van der Waals surface area (Å²) in [6.45, 7) is 5.47. The van der Waals surface area contributed by atoms with Gasteiger partial charge >= 0.3 is 5.63 Å². The van der Waals surface area contributed by atoms with Crippen LogP contribution in [-0.2, 0) is 13.0 Å². The first-order valence-corrected chi connectivity index (χ1v) is 8.97. The van der Waals surface area contributed by atoms with E-state index in [1.165, 1.54) is 5.56 Å². The van der Waals surface area contributed by atoms with E-state index in [0.717, 1.165) is 46.5 Å². The number of aryl methyl sites for hydroxylation is 2. The first kappa shape index (κ1) is 19.0. The lowest BCUT2D eigenvalue weighted by molar-refractivity contribution is 0.354. The van der Waals surface area contributed by atoms with E-state index in [9.17, 15) is 4.79 Å². The van der Waals surface area contributed by atoms with Crippen LogP contribution in [0, 0.1) is 13.8 Å². The number of methoxy groups -OCH3 is 2. The smallest absolute Gasteiger partial charge is 0.336 e. The van der Waals surface area contributed by atoms with Gasteiger partial charge in [-0.1, -0.05) is 6.07 Å². The van der Waals surface area contributed by atoms with Gasteiger partial charge in [0.2, 0.25) is 0 Å². The van der Waals surface area contributed by atoms with Crippen molar-refractivity contribution in [2.75, 3.05) is 20.8 Å². The lowest BCUT2D eigenvalue weighted by Crippen LogP contribution is -2.18. The molecule has 5 nitrogen and oxygen atoms in total. The van der Waals surface area contributed by atoms with Crippen LogP contribution in [0.4, 0.5) is 0 Å². The molecule has 0 aliphatic rings. The number of benzene rings is 2. The highest BCUT2D eigenvalue weighted by Crippen LogP contribution is 2.27. The van der Waals surface area contributed by atoms with E-state index in [1.807, 2.05) is 31.2 Å². The summed E-state index contributed by atoms with van der Waals surface area (Å²) < 4.78 is 16.0. The van der Waals surface area contributed by atoms with E-state index >= 15 is 0 Å². The van der Waals surface area contributed by atoms with Gasteiger partial charge in [-0.2, -0.15) is 0 Å². The zero-order valence-corrected chi connectivity index (χ0v) is 16.2. The molecule has 1 aromatic heterocycles. The highest BCUT2D eigenvalue weighted by atomic mass is 16.5.